The maximum absolute atomic E-state index is 10.9. The average molecular weight is 355 g/mol. The maximum Gasteiger partial charge on any atom is 0.147 e. The normalized spacial score (nSPS) is 12.1. The minimum absolute atomic E-state index is 0.181. The summed E-state index contributed by atoms with van der Waals surface area (Å²) in [5.41, 5.74) is 5.53. The Kier molecular flexibility index (Phi) is 4.47. The lowest BCUT2D eigenvalue weighted by Crippen LogP contribution is -2.14. The van der Waals surface area contributed by atoms with E-state index in [1.54, 1.807) is 12.4 Å². The van der Waals surface area contributed by atoms with Crippen LogP contribution in [0.2, 0.25) is 0 Å². The van der Waals surface area contributed by atoms with Crippen LogP contribution in [-0.4, -0.2) is 15.1 Å². The molecule has 0 aliphatic rings. The van der Waals surface area contributed by atoms with Gasteiger partial charge in [0.15, 0.2) is 0 Å². The van der Waals surface area contributed by atoms with Gasteiger partial charge in [-0.05, 0) is 55.3 Å². The number of phenolic OH excluding ortho intramolecular Hbond substituents is 1. The van der Waals surface area contributed by atoms with Crippen molar-refractivity contribution in [3.63, 3.8) is 0 Å². The van der Waals surface area contributed by atoms with Crippen LogP contribution in [0.15, 0.2) is 73.1 Å². The topological polar surface area (TPSA) is 58.0 Å². The molecule has 4 nitrogen and oxygen atoms in total. The Labute approximate surface area is 158 Å². The number of rotatable bonds is 4. The minimum atomic E-state index is -0.293. The van der Waals surface area contributed by atoms with Crippen LogP contribution in [0.3, 0.4) is 0 Å². The monoisotopic (exact) mass is 355 g/mol. The molecule has 0 saturated heterocycles. The van der Waals surface area contributed by atoms with Crippen molar-refractivity contribution in [1.82, 2.24) is 9.97 Å². The second-order valence-electron chi connectivity index (χ2n) is 6.79. The van der Waals surface area contributed by atoms with Crippen molar-refractivity contribution in [3.8, 4) is 5.75 Å². The lowest BCUT2D eigenvalue weighted by atomic mass is 9.99. The van der Waals surface area contributed by atoms with Crippen LogP contribution in [0.5, 0.6) is 5.75 Å². The zero-order valence-corrected chi connectivity index (χ0v) is 15.3. The van der Waals surface area contributed by atoms with Gasteiger partial charge >= 0.3 is 0 Å². The van der Waals surface area contributed by atoms with Crippen LogP contribution in [0, 0.1) is 13.8 Å². The third-order valence-corrected chi connectivity index (χ3v) is 4.61. The fourth-order valence-electron chi connectivity index (χ4n) is 3.46. The maximum atomic E-state index is 10.9. The Morgan fingerprint density at radius 3 is 2.37 bits per heavy atom. The lowest BCUT2D eigenvalue weighted by Gasteiger charge is -2.22. The van der Waals surface area contributed by atoms with Gasteiger partial charge < -0.3 is 10.4 Å². The molecule has 27 heavy (non-hydrogen) atoms. The molecule has 0 radical (unpaired) electrons. The minimum Gasteiger partial charge on any atom is -0.505 e. The van der Waals surface area contributed by atoms with E-state index in [1.807, 2.05) is 42.5 Å². The van der Waals surface area contributed by atoms with Crippen LogP contribution >= 0.6 is 0 Å². The molecule has 2 aromatic carbocycles. The number of nitrogens with one attached hydrogen (secondary N) is 1. The Hall–Kier alpha value is -3.40. The molecule has 0 spiro atoms. The summed E-state index contributed by atoms with van der Waals surface area (Å²) in [5, 5.41) is 15.4. The van der Waals surface area contributed by atoms with E-state index in [-0.39, 0.29) is 11.8 Å². The second-order valence-corrected chi connectivity index (χ2v) is 6.79. The van der Waals surface area contributed by atoms with E-state index in [0.29, 0.717) is 5.52 Å². The van der Waals surface area contributed by atoms with Crippen molar-refractivity contribution in [1.29, 1.82) is 0 Å². The number of aromatic nitrogens is 2. The largest absolute Gasteiger partial charge is 0.505 e. The predicted molar refractivity (Wildman–Crippen MR) is 109 cm³/mol. The summed E-state index contributed by atoms with van der Waals surface area (Å²) in [4.78, 5) is 8.88. The fourth-order valence-corrected chi connectivity index (χ4v) is 3.46. The molecule has 0 amide bonds. The van der Waals surface area contributed by atoms with E-state index >= 15 is 0 Å². The van der Waals surface area contributed by atoms with Gasteiger partial charge in [0.2, 0.25) is 0 Å². The highest BCUT2D eigenvalue weighted by atomic mass is 16.3. The van der Waals surface area contributed by atoms with Gasteiger partial charge in [0, 0.05) is 29.0 Å². The highest BCUT2D eigenvalue weighted by Crippen LogP contribution is 2.36. The molecule has 4 aromatic rings. The molecule has 0 saturated carbocycles. The molecule has 0 bridgehead atoms. The smallest absolute Gasteiger partial charge is 0.147 e. The number of phenols is 1. The van der Waals surface area contributed by atoms with Gasteiger partial charge in [-0.15, -0.1) is 0 Å². The molecule has 4 heteroatoms. The quantitative estimate of drug-likeness (QED) is 0.531. The van der Waals surface area contributed by atoms with Gasteiger partial charge in [-0.2, -0.15) is 0 Å². The van der Waals surface area contributed by atoms with Gasteiger partial charge in [0.1, 0.15) is 11.3 Å². The SMILES string of the molecule is Cc1cc(C)cc(NC(c2ccccn2)c2ccc3cccnc3c2O)c1. The zero-order chi connectivity index (χ0) is 18.8. The number of benzene rings is 2. The van der Waals surface area contributed by atoms with E-state index < -0.39 is 0 Å². The first kappa shape index (κ1) is 17.0. The Balaban J connectivity index is 1.85. The molecule has 0 fully saturated rings. The van der Waals surface area contributed by atoms with Crippen LogP contribution in [0.4, 0.5) is 5.69 Å². The number of hydrogen-bond acceptors (Lipinski definition) is 4. The van der Waals surface area contributed by atoms with Crippen molar-refractivity contribution in [2.75, 3.05) is 5.32 Å². The van der Waals surface area contributed by atoms with Crippen molar-refractivity contribution >= 4 is 16.6 Å². The van der Waals surface area contributed by atoms with Crippen LogP contribution in [0.1, 0.15) is 28.4 Å². The number of anilines is 1. The molecule has 1 atom stereocenters. The zero-order valence-electron chi connectivity index (χ0n) is 15.3. The van der Waals surface area contributed by atoms with Gasteiger partial charge in [0.25, 0.3) is 0 Å². The van der Waals surface area contributed by atoms with Crippen LogP contribution in [0.25, 0.3) is 10.9 Å². The first-order valence-electron chi connectivity index (χ1n) is 8.94. The van der Waals surface area contributed by atoms with E-state index in [1.165, 1.54) is 11.1 Å². The molecule has 2 heterocycles. The van der Waals surface area contributed by atoms with E-state index in [9.17, 15) is 5.11 Å². The fraction of sp³-hybridized carbons (Fsp3) is 0.130. The third-order valence-electron chi connectivity index (χ3n) is 4.61. The molecule has 0 aliphatic heterocycles. The summed E-state index contributed by atoms with van der Waals surface area (Å²) in [6.07, 6.45) is 3.46. The van der Waals surface area contributed by atoms with Crippen molar-refractivity contribution in [2.24, 2.45) is 0 Å². The van der Waals surface area contributed by atoms with Gasteiger partial charge in [0.05, 0.1) is 11.7 Å². The molecular weight excluding hydrogens is 334 g/mol. The Morgan fingerprint density at radius 2 is 1.63 bits per heavy atom. The van der Waals surface area contributed by atoms with Crippen LogP contribution in [-0.2, 0) is 0 Å². The summed E-state index contributed by atoms with van der Waals surface area (Å²) in [5.74, 6) is 0.181. The number of aromatic hydroxyl groups is 1. The van der Waals surface area contributed by atoms with Crippen molar-refractivity contribution in [2.45, 2.75) is 19.9 Å². The highest BCUT2D eigenvalue weighted by Gasteiger charge is 2.21. The molecule has 4 rings (SSSR count). The number of fused-ring (bicyclic) bond motifs is 1. The number of nitrogens with zero attached hydrogens (tertiary/aromatic N) is 2. The van der Waals surface area contributed by atoms with E-state index in [2.05, 4.69) is 47.3 Å². The molecular formula is C23H21N3O. The molecule has 1 unspecified atom stereocenters. The standard InChI is InChI=1S/C23H21N3O/c1-15-12-16(2)14-18(13-15)26-22(20-7-3-4-10-24-20)19-9-8-17-6-5-11-25-21(17)23(19)27/h3-14,22,26-27H,1-2H3. The first-order chi connectivity index (χ1) is 13.1. The van der Waals surface area contributed by atoms with Crippen LogP contribution < -0.4 is 5.32 Å². The second kappa shape index (κ2) is 7.08. The lowest BCUT2D eigenvalue weighted by molar-refractivity contribution is 0.471. The van der Waals surface area contributed by atoms with Gasteiger partial charge in [-0.25, -0.2) is 0 Å². The summed E-state index contributed by atoms with van der Waals surface area (Å²) in [6.45, 7) is 4.15. The van der Waals surface area contributed by atoms with E-state index in [0.717, 1.165) is 22.3 Å². The summed E-state index contributed by atoms with van der Waals surface area (Å²) < 4.78 is 0. The summed E-state index contributed by atoms with van der Waals surface area (Å²) >= 11 is 0. The average Bonchev–Trinajstić information content (AvgIpc) is 2.67. The van der Waals surface area contributed by atoms with Gasteiger partial charge in [-0.1, -0.05) is 30.3 Å². The first-order valence-corrected chi connectivity index (χ1v) is 8.94. The Bertz CT molecular complexity index is 1070. The Morgan fingerprint density at radius 1 is 0.852 bits per heavy atom. The van der Waals surface area contributed by atoms with E-state index in [4.69, 9.17) is 0 Å². The summed E-state index contributed by atoms with van der Waals surface area (Å²) in [7, 11) is 0. The molecule has 2 aromatic heterocycles. The van der Waals surface area contributed by atoms with Crippen molar-refractivity contribution < 1.29 is 5.11 Å². The number of pyridine rings is 2. The third kappa shape index (κ3) is 3.47. The van der Waals surface area contributed by atoms with Gasteiger partial charge in [-0.3, -0.25) is 9.97 Å². The summed E-state index contributed by atoms with van der Waals surface area (Å²) in [6, 6.07) is 19.6. The van der Waals surface area contributed by atoms with Crippen molar-refractivity contribution in [3.05, 3.63) is 95.4 Å². The number of aryl methyl sites for hydroxylation is 2. The predicted octanol–water partition coefficient (Wildman–Crippen LogP) is 5.15. The molecule has 2 N–H and O–H groups in total. The highest BCUT2D eigenvalue weighted by molar-refractivity contribution is 5.86. The number of hydrogen-bond donors (Lipinski definition) is 2. The molecule has 0 aliphatic carbocycles. The molecule has 134 valence electrons.